The van der Waals surface area contributed by atoms with Gasteiger partial charge in [0.1, 0.15) is 0 Å². The van der Waals surface area contributed by atoms with E-state index in [2.05, 4.69) is 0 Å². The second-order valence-electron chi connectivity index (χ2n) is 4.80. The maximum atomic E-state index is 11.9. The van der Waals surface area contributed by atoms with Crippen molar-refractivity contribution in [1.82, 2.24) is 0 Å². The van der Waals surface area contributed by atoms with Crippen molar-refractivity contribution in [3.8, 4) is 0 Å². The van der Waals surface area contributed by atoms with Crippen LogP contribution in [0.25, 0.3) is 5.57 Å². The summed E-state index contributed by atoms with van der Waals surface area (Å²) in [5, 5.41) is 0.470. The number of hydrogen-bond donors (Lipinski definition) is 1. The fourth-order valence-electron chi connectivity index (χ4n) is 1.86. The number of nitrogens with two attached hydrogens (primary N) is 1. The Morgan fingerprint density at radius 3 is 2.47 bits per heavy atom. The van der Waals surface area contributed by atoms with Crippen LogP contribution in [0.1, 0.15) is 19.4 Å². The summed E-state index contributed by atoms with van der Waals surface area (Å²) in [7, 11) is -6.91. The third-order valence-corrected chi connectivity index (χ3v) is 6.74. The van der Waals surface area contributed by atoms with Gasteiger partial charge in [-0.1, -0.05) is 0 Å². The number of rotatable bonds is 3. The molecular weight excluding hydrogens is 286 g/mol. The summed E-state index contributed by atoms with van der Waals surface area (Å²) in [4.78, 5) is 0.121. The summed E-state index contributed by atoms with van der Waals surface area (Å²) in [6.45, 7) is 3.14. The molecule has 2 N–H and O–H groups in total. The normalized spacial score (nSPS) is 17.3. The molecule has 1 aromatic carbocycles. The van der Waals surface area contributed by atoms with Crippen LogP contribution >= 0.6 is 0 Å². The van der Waals surface area contributed by atoms with Crippen LogP contribution in [0.15, 0.2) is 28.5 Å². The van der Waals surface area contributed by atoms with Gasteiger partial charge in [-0.15, -0.1) is 0 Å². The first kappa shape index (κ1) is 14.1. The highest BCUT2D eigenvalue weighted by Crippen LogP contribution is 2.35. The van der Waals surface area contributed by atoms with Gasteiger partial charge in [-0.2, -0.15) is 0 Å². The summed E-state index contributed by atoms with van der Waals surface area (Å²) < 4.78 is 47.7. The highest BCUT2D eigenvalue weighted by atomic mass is 32.2. The molecule has 0 aromatic heterocycles. The molecule has 0 aliphatic carbocycles. The minimum absolute atomic E-state index is 0.121. The minimum atomic E-state index is -3.55. The zero-order valence-electron chi connectivity index (χ0n) is 10.6. The number of sulfone groups is 2. The van der Waals surface area contributed by atoms with Crippen LogP contribution in [0.3, 0.4) is 0 Å². The van der Waals surface area contributed by atoms with Gasteiger partial charge in [0.05, 0.1) is 15.9 Å². The monoisotopic (exact) mass is 301 g/mol. The van der Waals surface area contributed by atoms with Gasteiger partial charge in [0, 0.05) is 16.7 Å². The Morgan fingerprint density at radius 1 is 1.26 bits per heavy atom. The summed E-state index contributed by atoms with van der Waals surface area (Å²) in [6.07, 6.45) is 0. The van der Waals surface area contributed by atoms with Crippen molar-refractivity contribution >= 4 is 30.9 Å². The number of nitrogen functional groups attached to an aromatic ring is 1. The molecule has 0 unspecified atom stereocenters. The van der Waals surface area contributed by atoms with Crippen LogP contribution < -0.4 is 5.73 Å². The molecule has 1 aliphatic rings. The molecule has 0 amide bonds. The molecule has 0 saturated carbocycles. The first-order chi connectivity index (χ1) is 8.63. The van der Waals surface area contributed by atoms with E-state index < -0.39 is 24.9 Å². The lowest BCUT2D eigenvalue weighted by molar-refractivity contribution is 0.590. The maximum absolute atomic E-state index is 11.9. The van der Waals surface area contributed by atoms with Crippen molar-refractivity contribution in [3.63, 3.8) is 0 Å². The predicted octanol–water partition coefficient (Wildman–Crippen LogP) is 1.22. The topological polar surface area (TPSA) is 94.3 Å². The molecule has 0 radical (unpaired) electrons. The molecule has 104 valence electrons. The van der Waals surface area contributed by atoms with Crippen molar-refractivity contribution in [3.05, 3.63) is 29.2 Å². The largest absolute Gasteiger partial charge is 0.399 e. The summed E-state index contributed by atoms with van der Waals surface area (Å²) >= 11 is 0. The van der Waals surface area contributed by atoms with E-state index in [-0.39, 0.29) is 16.2 Å². The Labute approximate surface area is 113 Å². The van der Waals surface area contributed by atoms with Gasteiger partial charge in [0.15, 0.2) is 9.84 Å². The van der Waals surface area contributed by atoms with Crippen LogP contribution in [0.5, 0.6) is 0 Å². The second kappa shape index (κ2) is 4.35. The smallest absolute Gasteiger partial charge is 0.200 e. The maximum Gasteiger partial charge on any atom is 0.200 e. The molecule has 0 saturated heterocycles. The third kappa shape index (κ3) is 2.52. The van der Waals surface area contributed by atoms with Gasteiger partial charge < -0.3 is 5.73 Å². The van der Waals surface area contributed by atoms with Gasteiger partial charge in [-0.3, -0.25) is 0 Å². The van der Waals surface area contributed by atoms with Gasteiger partial charge >= 0.3 is 0 Å². The molecule has 1 heterocycles. The number of fused-ring (bicyclic) bond motifs is 1. The standard InChI is InChI=1S/C12H15NO4S2/c1-8(2)18(14,15)6-9-7-19(16,17)12-4-3-10(13)5-11(9)12/h3-5,7-8H,6,13H2,1-2H3. The highest BCUT2D eigenvalue weighted by molar-refractivity contribution is 7.95. The lowest BCUT2D eigenvalue weighted by Gasteiger charge is -2.09. The van der Waals surface area contributed by atoms with E-state index in [4.69, 9.17) is 5.73 Å². The van der Waals surface area contributed by atoms with Crippen molar-refractivity contribution in [1.29, 1.82) is 0 Å². The molecule has 0 bridgehead atoms. The van der Waals surface area contributed by atoms with Crippen molar-refractivity contribution in [2.45, 2.75) is 24.0 Å². The molecule has 0 fully saturated rings. The first-order valence-corrected chi connectivity index (χ1v) is 8.97. The zero-order chi connectivity index (χ0) is 14.4. The first-order valence-electron chi connectivity index (χ1n) is 5.70. The van der Waals surface area contributed by atoms with Gasteiger partial charge in [-0.05, 0) is 37.6 Å². The van der Waals surface area contributed by atoms with Crippen LogP contribution in [0, 0.1) is 0 Å². The Bertz CT molecular complexity index is 759. The van der Waals surface area contributed by atoms with Crippen LogP contribution in [-0.2, 0) is 19.7 Å². The van der Waals surface area contributed by atoms with E-state index in [9.17, 15) is 16.8 Å². The molecule has 7 heteroatoms. The molecule has 0 spiro atoms. The van der Waals surface area contributed by atoms with Crippen molar-refractivity contribution in [2.75, 3.05) is 11.5 Å². The van der Waals surface area contributed by atoms with Gasteiger partial charge in [0.2, 0.25) is 9.84 Å². The number of anilines is 1. The van der Waals surface area contributed by atoms with E-state index in [1.165, 1.54) is 18.2 Å². The molecule has 1 aliphatic heterocycles. The lowest BCUT2D eigenvalue weighted by atomic mass is 10.1. The molecule has 1 aromatic rings. The minimum Gasteiger partial charge on any atom is -0.399 e. The predicted molar refractivity (Wildman–Crippen MR) is 74.9 cm³/mol. The van der Waals surface area contributed by atoms with Crippen LogP contribution in [0.2, 0.25) is 0 Å². The molecule has 19 heavy (non-hydrogen) atoms. The molecule has 2 rings (SSSR count). The Hall–Kier alpha value is -1.34. The summed E-state index contributed by atoms with van der Waals surface area (Å²) in [6, 6.07) is 4.40. The second-order valence-corrected chi connectivity index (χ2v) is 9.12. The summed E-state index contributed by atoms with van der Waals surface area (Å²) in [5.74, 6) is -0.291. The molecule has 0 atom stereocenters. The zero-order valence-corrected chi connectivity index (χ0v) is 12.3. The Kier molecular flexibility index (Phi) is 3.22. The van der Waals surface area contributed by atoms with E-state index >= 15 is 0 Å². The van der Waals surface area contributed by atoms with E-state index in [1.807, 2.05) is 0 Å². The van der Waals surface area contributed by atoms with E-state index in [1.54, 1.807) is 13.8 Å². The SMILES string of the molecule is CC(C)S(=O)(=O)CC1=CS(=O)(=O)c2ccc(N)cc21. The van der Waals surface area contributed by atoms with E-state index in [0.29, 0.717) is 11.3 Å². The lowest BCUT2D eigenvalue weighted by Crippen LogP contribution is -2.18. The Morgan fingerprint density at radius 2 is 1.89 bits per heavy atom. The number of hydrogen-bond acceptors (Lipinski definition) is 5. The quantitative estimate of drug-likeness (QED) is 0.847. The fourth-order valence-corrected chi connectivity index (χ4v) is 4.43. The van der Waals surface area contributed by atoms with Gasteiger partial charge in [0.25, 0.3) is 0 Å². The average Bonchev–Trinajstić information content (AvgIpc) is 2.49. The van der Waals surface area contributed by atoms with Gasteiger partial charge in [-0.25, -0.2) is 16.8 Å². The average molecular weight is 301 g/mol. The highest BCUT2D eigenvalue weighted by Gasteiger charge is 2.30. The number of benzene rings is 1. The van der Waals surface area contributed by atoms with Crippen LogP contribution in [0.4, 0.5) is 5.69 Å². The third-order valence-electron chi connectivity index (χ3n) is 3.03. The van der Waals surface area contributed by atoms with E-state index in [0.717, 1.165) is 5.41 Å². The van der Waals surface area contributed by atoms with Crippen LogP contribution in [-0.4, -0.2) is 27.8 Å². The van der Waals surface area contributed by atoms with Crippen molar-refractivity contribution in [2.24, 2.45) is 0 Å². The molecular formula is C12H15NO4S2. The fraction of sp³-hybridized carbons (Fsp3) is 0.333. The summed E-state index contributed by atoms with van der Waals surface area (Å²) in [5.41, 5.74) is 6.72. The Balaban J connectivity index is 2.55. The van der Waals surface area contributed by atoms with Crippen molar-refractivity contribution < 1.29 is 16.8 Å². The molecule has 5 nitrogen and oxygen atoms in total.